The largest absolute Gasteiger partial charge is 0.453 e. The van der Waals surface area contributed by atoms with Gasteiger partial charge in [-0.15, -0.1) is 0 Å². The van der Waals surface area contributed by atoms with Crippen LogP contribution >= 0.6 is 0 Å². The number of nitrogens with one attached hydrogen (secondary N) is 1. The van der Waals surface area contributed by atoms with E-state index in [1.807, 2.05) is 0 Å². The standard InChI is InChI=1S/C19H33N3O3/c1-12(2)15(21-19(23)24-4)17-18(25-17)22-11-7-9-14(22)16-13(3)8-5-6-10-20-16/h10,12-18H,5-9,11H2,1-4H3,(H,21,23). The lowest BCUT2D eigenvalue weighted by molar-refractivity contribution is 0.130. The third kappa shape index (κ3) is 4.17. The normalized spacial score (nSPS) is 36.9. The van der Waals surface area contributed by atoms with Gasteiger partial charge in [-0.25, -0.2) is 4.79 Å². The first kappa shape index (κ1) is 18.6. The molecule has 3 rings (SSSR count). The predicted octanol–water partition coefficient (Wildman–Crippen LogP) is 2.82. The average Bonchev–Trinajstić information content (AvgIpc) is 3.28. The van der Waals surface area contributed by atoms with E-state index >= 15 is 0 Å². The van der Waals surface area contributed by atoms with Gasteiger partial charge in [-0.2, -0.15) is 0 Å². The Bertz CT molecular complexity index is 496. The van der Waals surface area contributed by atoms with E-state index in [0.29, 0.717) is 23.9 Å². The SMILES string of the molecule is COC(=O)NC(C(C)C)C1OC1N1CCCC1C1N=CCCCC1C. The molecular weight excluding hydrogens is 318 g/mol. The molecule has 3 heterocycles. The molecule has 2 saturated heterocycles. The van der Waals surface area contributed by atoms with Gasteiger partial charge in [0.2, 0.25) is 0 Å². The molecule has 0 bridgehead atoms. The van der Waals surface area contributed by atoms with Crippen molar-refractivity contribution in [3.8, 4) is 0 Å². The molecule has 2 fully saturated rings. The highest BCUT2D eigenvalue weighted by molar-refractivity contribution is 5.67. The summed E-state index contributed by atoms with van der Waals surface area (Å²) in [6.07, 6.45) is 7.89. The lowest BCUT2D eigenvalue weighted by Crippen LogP contribution is -2.47. The summed E-state index contributed by atoms with van der Waals surface area (Å²) >= 11 is 0. The van der Waals surface area contributed by atoms with E-state index in [1.54, 1.807) is 0 Å². The van der Waals surface area contributed by atoms with Crippen molar-refractivity contribution in [2.75, 3.05) is 13.7 Å². The highest BCUT2D eigenvalue weighted by atomic mass is 16.6. The maximum Gasteiger partial charge on any atom is 0.407 e. The van der Waals surface area contributed by atoms with Gasteiger partial charge < -0.3 is 14.8 Å². The van der Waals surface area contributed by atoms with Crippen LogP contribution in [-0.2, 0) is 9.47 Å². The third-order valence-corrected chi connectivity index (χ3v) is 5.96. The molecule has 25 heavy (non-hydrogen) atoms. The molecule has 6 atom stereocenters. The number of likely N-dealkylation sites (tertiary alicyclic amines) is 1. The van der Waals surface area contributed by atoms with Crippen LogP contribution in [0.2, 0.25) is 0 Å². The molecule has 6 unspecified atom stereocenters. The Balaban J connectivity index is 1.66. The van der Waals surface area contributed by atoms with Crippen LogP contribution in [-0.4, -0.2) is 61.3 Å². The first-order chi connectivity index (χ1) is 12.0. The fourth-order valence-electron chi connectivity index (χ4n) is 4.49. The quantitative estimate of drug-likeness (QED) is 0.774. The molecule has 1 amide bonds. The van der Waals surface area contributed by atoms with Crippen LogP contribution in [0.4, 0.5) is 4.79 Å². The number of methoxy groups -OCH3 is 1. The first-order valence-electron chi connectivity index (χ1n) is 9.80. The van der Waals surface area contributed by atoms with E-state index in [-0.39, 0.29) is 24.5 Å². The summed E-state index contributed by atoms with van der Waals surface area (Å²) in [4.78, 5) is 19.1. The molecule has 0 aliphatic carbocycles. The van der Waals surface area contributed by atoms with E-state index in [4.69, 9.17) is 14.5 Å². The Kier molecular flexibility index (Phi) is 6.00. The summed E-state index contributed by atoms with van der Waals surface area (Å²) < 4.78 is 10.8. The number of epoxide rings is 1. The first-order valence-corrected chi connectivity index (χ1v) is 9.80. The van der Waals surface area contributed by atoms with Gasteiger partial charge in [-0.1, -0.05) is 20.8 Å². The van der Waals surface area contributed by atoms with E-state index in [9.17, 15) is 4.79 Å². The molecule has 0 aromatic carbocycles. The summed E-state index contributed by atoms with van der Waals surface area (Å²) in [5, 5.41) is 2.95. The van der Waals surface area contributed by atoms with Crippen molar-refractivity contribution in [2.24, 2.45) is 16.8 Å². The van der Waals surface area contributed by atoms with Gasteiger partial charge in [0.15, 0.2) is 0 Å². The summed E-state index contributed by atoms with van der Waals surface area (Å²) in [7, 11) is 1.40. The summed E-state index contributed by atoms with van der Waals surface area (Å²) in [6, 6.07) is 0.819. The Morgan fingerprint density at radius 3 is 2.88 bits per heavy atom. The van der Waals surface area contributed by atoms with Crippen molar-refractivity contribution in [3.63, 3.8) is 0 Å². The van der Waals surface area contributed by atoms with E-state index in [1.165, 1.54) is 32.8 Å². The number of rotatable bonds is 5. The number of hydrogen-bond donors (Lipinski definition) is 1. The van der Waals surface area contributed by atoms with E-state index in [2.05, 4.69) is 37.2 Å². The number of hydrogen-bond acceptors (Lipinski definition) is 5. The zero-order chi connectivity index (χ0) is 18.0. The molecule has 6 heteroatoms. The Morgan fingerprint density at radius 2 is 2.16 bits per heavy atom. The lowest BCUT2D eigenvalue weighted by atomic mass is 9.90. The fourth-order valence-corrected chi connectivity index (χ4v) is 4.49. The number of amides is 1. The third-order valence-electron chi connectivity index (χ3n) is 5.96. The van der Waals surface area contributed by atoms with Crippen molar-refractivity contribution in [2.45, 2.75) is 83.3 Å². The second-order valence-electron chi connectivity index (χ2n) is 8.07. The zero-order valence-electron chi connectivity index (χ0n) is 16.0. The highest BCUT2D eigenvalue weighted by Gasteiger charge is 2.54. The Morgan fingerprint density at radius 1 is 1.36 bits per heavy atom. The zero-order valence-corrected chi connectivity index (χ0v) is 16.0. The van der Waals surface area contributed by atoms with Crippen molar-refractivity contribution < 1.29 is 14.3 Å². The van der Waals surface area contributed by atoms with Crippen LogP contribution in [0.3, 0.4) is 0 Å². The molecule has 6 nitrogen and oxygen atoms in total. The van der Waals surface area contributed by atoms with Crippen LogP contribution in [0, 0.1) is 11.8 Å². The number of aliphatic imine (C=N–C) groups is 1. The van der Waals surface area contributed by atoms with Crippen molar-refractivity contribution in [3.05, 3.63) is 0 Å². The lowest BCUT2D eigenvalue weighted by Gasteiger charge is -2.32. The topological polar surface area (TPSA) is 66.5 Å². The van der Waals surface area contributed by atoms with Gasteiger partial charge in [-0.3, -0.25) is 9.89 Å². The second-order valence-corrected chi connectivity index (χ2v) is 8.07. The maximum absolute atomic E-state index is 11.7. The van der Waals surface area contributed by atoms with Gasteiger partial charge in [0, 0.05) is 12.6 Å². The van der Waals surface area contributed by atoms with Gasteiger partial charge >= 0.3 is 6.09 Å². The smallest absolute Gasteiger partial charge is 0.407 e. The van der Waals surface area contributed by atoms with E-state index < -0.39 is 0 Å². The Labute approximate surface area is 151 Å². The highest BCUT2D eigenvalue weighted by Crippen LogP contribution is 2.39. The van der Waals surface area contributed by atoms with Crippen LogP contribution in [0.5, 0.6) is 0 Å². The van der Waals surface area contributed by atoms with Gasteiger partial charge in [0.1, 0.15) is 12.3 Å². The van der Waals surface area contributed by atoms with Gasteiger partial charge in [0.05, 0.1) is 19.2 Å². The van der Waals surface area contributed by atoms with Crippen LogP contribution < -0.4 is 5.32 Å². The average molecular weight is 351 g/mol. The number of ether oxygens (including phenoxy) is 2. The van der Waals surface area contributed by atoms with E-state index in [0.717, 1.165) is 13.0 Å². The van der Waals surface area contributed by atoms with Crippen LogP contribution in [0.25, 0.3) is 0 Å². The number of carbonyl (C=O) groups excluding carboxylic acids is 1. The predicted molar refractivity (Wildman–Crippen MR) is 97.9 cm³/mol. The minimum Gasteiger partial charge on any atom is -0.453 e. The van der Waals surface area contributed by atoms with Crippen molar-refractivity contribution in [1.82, 2.24) is 10.2 Å². The number of nitrogens with zero attached hydrogens (tertiary/aromatic N) is 2. The number of alkyl carbamates (subject to hydrolysis) is 1. The summed E-state index contributed by atoms with van der Waals surface area (Å²) in [6.45, 7) is 7.62. The molecule has 3 aliphatic rings. The molecule has 0 saturated carbocycles. The molecule has 0 aromatic rings. The fraction of sp³-hybridized carbons (Fsp3) is 0.895. The Hall–Kier alpha value is -1.14. The molecule has 0 radical (unpaired) electrons. The van der Waals surface area contributed by atoms with Crippen molar-refractivity contribution in [1.29, 1.82) is 0 Å². The minimum absolute atomic E-state index is 0.0197. The molecule has 3 aliphatic heterocycles. The second kappa shape index (κ2) is 8.04. The minimum atomic E-state index is -0.382. The molecule has 1 N–H and O–H groups in total. The molecule has 142 valence electrons. The monoisotopic (exact) mass is 351 g/mol. The van der Waals surface area contributed by atoms with Crippen LogP contribution in [0.15, 0.2) is 4.99 Å². The maximum atomic E-state index is 11.7. The van der Waals surface area contributed by atoms with Crippen LogP contribution in [0.1, 0.15) is 52.9 Å². The van der Waals surface area contributed by atoms with Gasteiger partial charge in [0.25, 0.3) is 0 Å². The summed E-state index contributed by atoms with van der Waals surface area (Å²) in [5.41, 5.74) is 0. The molecule has 0 aromatic heterocycles. The van der Waals surface area contributed by atoms with Crippen molar-refractivity contribution >= 4 is 12.3 Å². The molecule has 0 spiro atoms. The van der Waals surface area contributed by atoms with Gasteiger partial charge in [-0.05, 0) is 50.2 Å². The number of carbonyl (C=O) groups is 1. The summed E-state index contributed by atoms with van der Waals surface area (Å²) in [5.74, 6) is 0.917. The molecular formula is C19H33N3O3.